The molecule has 1 saturated heterocycles. The van der Waals surface area contributed by atoms with E-state index in [1.165, 1.54) is 0 Å². The molecule has 140 valence electrons. The Bertz CT molecular complexity index is 826. The summed E-state index contributed by atoms with van der Waals surface area (Å²) in [4.78, 5) is 42.7. The fourth-order valence-corrected chi connectivity index (χ4v) is 3.21. The molecule has 0 spiro atoms. The number of rotatable bonds is 7. The molecule has 7 nitrogen and oxygen atoms in total. The molecule has 4 amide bonds. The van der Waals surface area contributed by atoms with Crippen molar-refractivity contribution in [2.45, 2.75) is 25.3 Å². The van der Waals surface area contributed by atoms with Gasteiger partial charge in [-0.2, -0.15) is 0 Å². The highest BCUT2D eigenvalue weighted by atomic mass is 16.2. The van der Waals surface area contributed by atoms with Crippen molar-refractivity contribution in [2.24, 2.45) is 0 Å². The smallest absolute Gasteiger partial charge is 0.325 e. The number of nitrogens with zero attached hydrogens (tertiary/aromatic N) is 2. The van der Waals surface area contributed by atoms with Crippen molar-refractivity contribution in [3.63, 3.8) is 0 Å². The van der Waals surface area contributed by atoms with Gasteiger partial charge in [0.2, 0.25) is 5.91 Å². The van der Waals surface area contributed by atoms with E-state index in [1.807, 2.05) is 43.3 Å². The standard InChI is InChI=1S/C20H22N4O3/c1-2-20(15-8-4-3-5-9-15)18(26)24(19(27)23-20)14-17(25)22-13-11-16-10-6-7-12-21-16/h3-10,12H,2,11,13-14H2,1H3,(H,22,25)(H,23,27)/t20-/m1/s1. The van der Waals surface area contributed by atoms with Crippen LogP contribution in [0.3, 0.4) is 0 Å². The van der Waals surface area contributed by atoms with Crippen LogP contribution in [0.1, 0.15) is 24.6 Å². The van der Waals surface area contributed by atoms with E-state index in [9.17, 15) is 14.4 Å². The van der Waals surface area contributed by atoms with Crippen LogP contribution < -0.4 is 10.6 Å². The summed E-state index contributed by atoms with van der Waals surface area (Å²) in [5.74, 6) is -0.782. The summed E-state index contributed by atoms with van der Waals surface area (Å²) in [6, 6.07) is 14.1. The van der Waals surface area contributed by atoms with E-state index in [0.29, 0.717) is 24.9 Å². The third-order valence-electron chi connectivity index (χ3n) is 4.70. The number of pyridine rings is 1. The maximum Gasteiger partial charge on any atom is 0.325 e. The van der Waals surface area contributed by atoms with Crippen LogP contribution in [-0.4, -0.2) is 40.8 Å². The molecule has 2 aromatic rings. The maximum absolute atomic E-state index is 13.0. The van der Waals surface area contributed by atoms with Crippen molar-refractivity contribution < 1.29 is 14.4 Å². The topological polar surface area (TPSA) is 91.4 Å². The first kappa shape index (κ1) is 18.6. The van der Waals surface area contributed by atoms with E-state index in [4.69, 9.17) is 0 Å². The Kier molecular flexibility index (Phi) is 5.49. The Morgan fingerprint density at radius 3 is 2.56 bits per heavy atom. The zero-order valence-electron chi connectivity index (χ0n) is 15.1. The van der Waals surface area contributed by atoms with Crippen LogP contribution in [0.4, 0.5) is 4.79 Å². The van der Waals surface area contributed by atoms with E-state index in [-0.39, 0.29) is 12.5 Å². The first-order valence-corrected chi connectivity index (χ1v) is 8.93. The molecule has 3 rings (SSSR count). The van der Waals surface area contributed by atoms with E-state index in [2.05, 4.69) is 15.6 Å². The van der Waals surface area contributed by atoms with E-state index < -0.39 is 17.5 Å². The number of aromatic nitrogens is 1. The van der Waals surface area contributed by atoms with Crippen molar-refractivity contribution in [1.82, 2.24) is 20.5 Å². The highest BCUT2D eigenvalue weighted by Crippen LogP contribution is 2.32. The van der Waals surface area contributed by atoms with Gasteiger partial charge in [-0.25, -0.2) is 4.79 Å². The van der Waals surface area contributed by atoms with Gasteiger partial charge in [-0.1, -0.05) is 43.3 Å². The average Bonchev–Trinajstić information content (AvgIpc) is 2.94. The van der Waals surface area contributed by atoms with Crippen LogP contribution in [-0.2, 0) is 21.5 Å². The highest BCUT2D eigenvalue weighted by molar-refractivity contribution is 6.09. The molecule has 1 fully saturated rings. The summed E-state index contributed by atoms with van der Waals surface area (Å²) in [6.07, 6.45) is 2.67. The molecule has 0 aliphatic carbocycles. The second-order valence-corrected chi connectivity index (χ2v) is 6.37. The van der Waals surface area contributed by atoms with Crippen LogP contribution in [0.5, 0.6) is 0 Å². The van der Waals surface area contributed by atoms with Gasteiger partial charge in [0.1, 0.15) is 12.1 Å². The molecule has 7 heteroatoms. The quantitative estimate of drug-likeness (QED) is 0.728. The zero-order chi connectivity index (χ0) is 19.3. The monoisotopic (exact) mass is 366 g/mol. The molecule has 0 radical (unpaired) electrons. The number of amides is 4. The summed E-state index contributed by atoms with van der Waals surface area (Å²) in [5, 5.41) is 5.50. The predicted molar refractivity (Wildman–Crippen MR) is 99.6 cm³/mol. The number of hydrogen-bond donors (Lipinski definition) is 2. The molecule has 2 N–H and O–H groups in total. The number of carbonyl (C=O) groups excluding carboxylic acids is 3. The molecular formula is C20H22N4O3. The summed E-state index contributed by atoms with van der Waals surface area (Å²) in [7, 11) is 0. The normalized spacial score (nSPS) is 19.1. The summed E-state index contributed by atoms with van der Waals surface area (Å²) in [6.45, 7) is 1.92. The minimum absolute atomic E-state index is 0.304. The first-order chi connectivity index (χ1) is 13.1. The fourth-order valence-electron chi connectivity index (χ4n) is 3.21. The lowest BCUT2D eigenvalue weighted by Crippen LogP contribution is -2.45. The van der Waals surface area contributed by atoms with Crippen molar-refractivity contribution in [3.8, 4) is 0 Å². The van der Waals surface area contributed by atoms with E-state index >= 15 is 0 Å². The maximum atomic E-state index is 13.0. The van der Waals surface area contributed by atoms with Crippen LogP contribution in [0.15, 0.2) is 54.7 Å². The van der Waals surface area contributed by atoms with Gasteiger partial charge in [-0.15, -0.1) is 0 Å². The number of hydrogen-bond acceptors (Lipinski definition) is 4. The van der Waals surface area contributed by atoms with Crippen LogP contribution >= 0.6 is 0 Å². The lowest BCUT2D eigenvalue weighted by molar-refractivity contribution is -0.135. The molecule has 1 aliphatic rings. The molecule has 0 unspecified atom stereocenters. The van der Waals surface area contributed by atoms with Gasteiger partial charge < -0.3 is 10.6 Å². The van der Waals surface area contributed by atoms with Gasteiger partial charge in [0.05, 0.1) is 0 Å². The molecule has 0 bridgehead atoms. The van der Waals surface area contributed by atoms with Crippen LogP contribution in [0.25, 0.3) is 0 Å². The summed E-state index contributed by atoms with van der Waals surface area (Å²) >= 11 is 0. The molecule has 0 saturated carbocycles. The molecule has 1 aromatic heterocycles. The molecule has 1 aromatic carbocycles. The van der Waals surface area contributed by atoms with Gasteiger partial charge in [-0.05, 0) is 24.1 Å². The lowest BCUT2D eigenvalue weighted by atomic mass is 9.87. The minimum Gasteiger partial charge on any atom is -0.354 e. The number of imide groups is 1. The molecular weight excluding hydrogens is 344 g/mol. The van der Waals surface area contributed by atoms with Crippen LogP contribution in [0, 0.1) is 0 Å². The first-order valence-electron chi connectivity index (χ1n) is 8.93. The third kappa shape index (κ3) is 3.81. The number of nitrogens with one attached hydrogen (secondary N) is 2. The Morgan fingerprint density at radius 1 is 1.15 bits per heavy atom. The van der Waals surface area contributed by atoms with Crippen molar-refractivity contribution >= 4 is 17.8 Å². The van der Waals surface area contributed by atoms with Crippen LogP contribution in [0.2, 0.25) is 0 Å². The molecule has 1 atom stereocenters. The number of benzene rings is 1. The van der Waals surface area contributed by atoms with E-state index in [1.54, 1.807) is 18.3 Å². The lowest BCUT2D eigenvalue weighted by Gasteiger charge is -2.25. The Labute approximate surface area is 157 Å². The Morgan fingerprint density at radius 2 is 1.89 bits per heavy atom. The van der Waals surface area contributed by atoms with Gasteiger partial charge in [0.25, 0.3) is 5.91 Å². The number of urea groups is 1. The molecule has 27 heavy (non-hydrogen) atoms. The molecule has 2 heterocycles. The summed E-state index contributed by atoms with van der Waals surface area (Å²) < 4.78 is 0. The largest absolute Gasteiger partial charge is 0.354 e. The van der Waals surface area contributed by atoms with Gasteiger partial charge >= 0.3 is 6.03 Å². The van der Waals surface area contributed by atoms with E-state index in [0.717, 1.165) is 10.6 Å². The SMILES string of the molecule is CC[C@]1(c2ccccc2)NC(=O)N(CC(=O)NCCc2ccccn2)C1=O. The molecule has 1 aliphatic heterocycles. The van der Waals surface area contributed by atoms with Crippen molar-refractivity contribution in [3.05, 3.63) is 66.0 Å². The zero-order valence-corrected chi connectivity index (χ0v) is 15.1. The predicted octanol–water partition coefficient (Wildman–Crippen LogP) is 1.60. The van der Waals surface area contributed by atoms with Gasteiger partial charge in [0.15, 0.2) is 0 Å². The van der Waals surface area contributed by atoms with Gasteiger partial charge in [-0.3, -0.25) is 19.5 Å². The fraction of sp³-hybridized carbons (Fsp3) is 0.300. The Hall–Kier alpha value is -3.22. The number of carbonyl (C=O) groups is 3. The summed E-state index contributed by atoms with van der Waals surface area (Å²) in [5.41, 5.74) is 0.456. The minimum atomic E-state index is -1.12. The Balaban J connectivity index is 1.62. The third-order valence-corrected chi connectivity index (χ3v) is 4.70. The van der Waals surface area contributed by atoms with Gasteiger partial charge in [0, 0.05) is 24.9 Å². The second kappa shape index (κ2) is 7.99. The average molecular weight is 366 g/mol. The van der Waals surface area contributed by atoms with Crippen molar-refractivity contribution in [1.29, 1.82) is 0 Å². The highest BCUT2D eigenvalue weighted by Gasteiger charge is 2.51. The second-order valence-electron chi connectivity index (χ2n) is 6.37. The van der Waals surface area contributed by atoms with Crippen molar-refractivity contribution in [2.75, 3.05) is 13.1 Å².